The van der Waals surface area contributed by atoms with Gasteiger partial charge in [-0.15, -0.1) is 0 Å². The van der Waals surface area contributed by atoms with Crippen LogP contribution in [0.2, 0.25) is 0 Å². The molecule has 1 aromatic rings. The fraction of sp³-hybridized carbons (Fsp3) is 0.607. The molecule has 4 rings (SSSR count). The van der Waals surface area contributed by atoms with Crippen LogP contribution < -0.4 is 0 Å². The van der Waals surface area contributed by atoms with Crippen molar-refractivity contribution in [3.05, 3.63) is 59.2 Å². The highest BCUT2D eigenvalue weighted by atomic mass is 19.2. The number of hydrogen-bond acceptors (Lipinski definition) is 3. The lowest BCUT2D eigenvalue weighted by Gasteiger charge is -2.49. The third kappa shape index (κ3) is 4.74. The maximum absolute atomic E-state index is 14.9. The first-order valence-electron chi connectivity index (χ1n) is 12.7. The van der Waals surface area contributed by atoms with Gasteiger partial charge in [-0.05, 0) is 56.9 Å². The van der Waals surface area contributed by atoms with E-state index in [-0.39, 0.29) is 42.4 Å². The number of carbonyl (C=O) groups is 1. The predicted octanol–water partition coefficient (Wildman–Crippen LogP) is 5.34. The SMILES string of the molecule is C[C@@H]1CN(C(=O)[C@@H]2CN(C(C)(C)C)C[C@H]2C2CC=C(F)C=C2F)C[C@H](C)[C@@]1(O)c1ccc(F)c(F)c1. The Hall–Kier alpha value is -2.19. The van der Waals surface area contributed by atoms with Crippen LogP contribution in [0, 0.1) is 41.2 Å². The topological polar surface area (TPSA) is 43.8 Å². The third-order valence-corrected chi connectivity index (χ3v) is 8.53. The first kappa shape index (κ1) is 26.9. The van der Waals surface area contributed by atoms with Crippen molar-refractivity contribution in [2.75, 3.05) is 26.2 Å². The molecule has 0 spiro atoms. The summed E-state index contributed by atoms with van der Waals surface area (Å²) >= 11 is 0. The zero-order chi connectivity index (χ0) is 26.6. The molecule has 0 aromatic heterocycles. The standard InChI is InChI=1S/C28H36F4N2O2/c1-16-12-33(13-17(2)28(16,36)18-6-9-23(30)25(32)10-18)26(35)22-15-34(27(3,4)5)14-21(22)20-8-7-19(29)11-24(20)31/h6-7,9-11,16-17,20-22,36H,8,12-15H2,1-5H3/t16-,17+,20?,21-,22+,28-/m0/s1. The molecule has 4 nitrogen and oxygen atoms in total. The summed E-state index contributed by atoms with van der Waals surface area (Å²) in [6.07, 6.45) is 2.51. The smallest absolute Gasteiger partial charge is 0.227 e. The number of piperidine rings is 1. The third-order valence-electron chi connectivity index (χ3n) is 8.53. The van der Waals surface area contributed by atoms with Crippen LogP contribution in [-0.2, 0) is 10.4 Å². The van der Waals surface area contributed by atoms with E-state index >= 15 is 0 Å². The summed E-state index contributed by atoms with van der Waals surface area (Å²) in [6.45, 7) is 11.2. The van der Waals surface area contributed by atoms with Crippen LogP contribution in [0.25, 0.3) is 0 Å². The summed E-state index contributed by atoms with van der Waals surface area (Å²) in [4.78, 5) is 17.8. The van der Waals surface area contributed by atoms with Crippen molar-refractivity contribution in [3.8, 4) is 0 Å². The van der Waals surface area contributed by atoms with E-state index in [2.05, 4.69) is 25.7 Å². The van der Waals surface area contributed by atoms with Crippen LogP contribution in [0.15, 0.2) is 42.0 Å². The number of allylic oxidation sites excluding steroid dienone is 4. The van der Waals surface area contributed by atoms with Gasteiger partial charge >= 0.3 is 0 Å². The van der Waals surface area contributed by atoms with Gasteiger partial charge in [-0.1, -0.05) is 19.9 Å². The summed E-state index contributed by atoms with van der Waals surface area (Å²) in [5, 5.41) is 11.6. The number of benzene rings is 1. The van der Waals surface area contributed by atoms with Crippen molar-refractivity contribution >= 4 is 5.91 Å². The highest BCUT2D eigenvalue weighted by molar-refractivity contribution is 5.80. The summed E-state index contributed by atoms with van der Waals surface area (Å²) < 4.78 is 56.0. The molecule has 198 valence electrons. The van der Waals surface area contributed by atoms with Crippen molar-refractivity contribution < 1.29 is 27.5 Å². The Labute approximate surface area is 210 Å². The number of rotatable bonds is 3. The highest BCUT2D eigenvalue weighted by Crippen LogP contribution is 2.45. The number of halogens is 4. The van der Waals surface area contributed by atoms with Gasteiger partial charge in [0.2, 0.25) is 5.91 Å². The van der Waals surface area contributed by atoms with E-state index in [1.54, 1.807) is 18.7 Å². The first-order chi connectivity index (χ1) is 16.7. The van der Waals surface area contributed by atoms with Crippen molar-refractivity contribution in [3.63, 3.8) is 0 Å². The molecule has 2 heterocycles. The number of hydrogen-bond donors (Lipinski definition) is 1. The highest BCUT2D eigenvalue weighted by Gasteiger charge is 2.51. The van der Waals surface area contributed by atoms with Crippen LogP contribution in [0.1, 0.15) is 46.6 Å². The molecule has 6 atom stereocenters. The molecule has 36 heavy (non-hydrogen) atoms. The average Bonchev–Trinajstić information content (AvgIpc) is 3.24. The fourth-order valence-electron chi connectivity index (χ4n) is 6.30. The van der Waals surface area contributed by atoms with Crippen LogP contribution in [0.4, 0.5) is 17.6 Å². The molecular weight excluding hydrogens is 472 g/mol. The molecule has 2 aliphatic heterocycles. The molecule has 2 saturated heterocycles. The van der Waals surface area contributed by atoms with E-state index in [1.165, 1.54) is 12.1 Å². The summed E-state index contributed by atoms with van der Waals surface area (Å²) in [5.74, 6) is -5.48. The van der Waals surface area contributed by atoms with Crippen molar-refractivity contribution in [2.45, 2.75) is 52.2 Å². The second kappa shape index (κ2) is 9.60. The van der Waals surface area contributed by atoms with Gasteiger partial charge in [0.25, 0.3) is 0 Å². The summed E-state index contributed by atoms with van der Waals surface area (Å²) in [7, 11) is 0. The summed E-state index contributed by atoms with van der Waals surface area (Å²) in [6, 6.07) is 3.42. The Morgan fingerprint density at radius 2 is 1.64 bits per heavy atom. The lowest BCUT2D eigenvalue weighted by Crippen LogP contribution is -2.57. The van der Waals surface area contributed by atoms with Gasteiger partial charge in [0, 0.05) is 55.5 Å². The van der Waals surface area contributed by atoms with Gasteiger partial charge in [-0.25, -0.2) is 17.6 Å². The molecule has 8 heteroatoms. The molecule has 0 saturated carbocycles. The zero-order valence-electron chi connectivity index (χ0n) is 21.6. The van der Waals surface area contributed by atoms with Gasteiger partial charge in [-0.3, -0.25) is 9.69 Å². The quantitative estimate of drug-likeness (QED) is 0.561. The molecule has 3 aliphatic rings. The number of aliphatic hydroxyl groups is 1. The van der Waals surface area contributed by atoms with Crippen molar-refractivity contribution in [1.29, 1.82) is 0 Å². The van der Waals surface area contributed by atoms with E-state index < -0.39 is 52.6 Å². The lowest BCUT2D eigenvalue weighted by molar-refractivity contribution is -0.153. The van der Waals surface area contributed by atoms with Gasteiger partial charge < -0.3 is 10.0 Å². The van der Waals surface area contributed by atoms with Gasteiger partial charge in [0.15, 0.2) is 11.6 Å². The van der Waals surface area contributed by atoms with E-state index in [0.29, 0.717) is 13.1 Å². The maximum Gasteiger partial charge on any atom is 0.227 e. The molecule has 1 aromatic carbocycles. The van der Waals surface area contributed by atoms with Crippen LogP contribution in [0.3, 0.4) is 0 Å². The molecule has 1 aliphatic carbocycles. The van der Waals surface area contributed by atoms with Crippen LogP contribution in [0.5, 0.6) is 0 Å². The van der Waals surface area contributed by atoms with Gasteiger partial charge in [-0.2, -0.15) is 0 Å². The fourth-order valence-corrected chi connectivity index (χ4v) is 6.30. The molecular formula is C28H36F4N2O2. The normalized spacial score (nSPS) is 33.9. The predicted molar refractivity (Wildman–Crippen MR) is 130 cm³/mol. The lowest BCUT2D eigenvalue weighted by atomic mass is 9.70. The first-order valence-corrected chi connectivity index (χ1v) is 12.7. The molecule has 1 amide bonds. The van der Waals surface area contributed by atoms with Crippen molar-refractivity contribution in [1.82, 2.24) is 9.80 Å². The molecule has 1 N–H and O–H groups in total. The molecule has 1 unspecified atom stereocenters. The second-order valence-corrected chi connectivity index (χ2v) is 11.8. The Kier molecular flexibility index (Phi) is 7.16. The molecule has 0 radical (unpaired) electrons. The van der Waals surface area contributed by atoms with E-state index in [9.17, 15) is 27.5 Å². The minimum absolute atomic E-state index is 0.111. The second-order valence-electron chi connectivity index (χ2n) is 11.8. The number of amides is 1. The Morgan fingerprint density at radius 1 is 1.00 bits per heavy atom. The monoisotopic (exact) mass is 508 g/mol. The number of carbonyl (C=O) groups excluding carboxylic acids is 1. The van der Waals surface area contributed by atoms with E-state index in [0.717, 1.165) is 18.2 Å². The maximum atomic E-state index is 14.9. The number of likely N-dealkylation sites (tertiary alicyclic amines) is 2. The van der Waals surface area contributed by atoms with Crippen LogP contribution in [-0.4, -0.2) is 52.5 Å². The minimum atomic E-state index is -1.43. The Balaban J connectivity index is 1.58. The molecule has 0 bridgehead atoms. The van der Waals surface area contributed by atoms with E-state index in [4.69, 9.17) is 0 Å². The Morgan fingerprint density at radius 3 is 2.19 bits per heavy atom. The molecule has 2 fully saturated rings. The largest absolute Gasteiger partial charge is 0.384 e. The average molecular weight is 509 g/mol. The zero-order valence-corrected chi connectivity index (χ0v) is 21.6. The van der Waals surface area contributed by atoms with E-state index in [1.807, 2.05) is 0 Å². The van der Waals surface area contributed by atoms with Gasteiger partial charge in [0.1, 0.15) is 11.7 Å². The van der Waals surface area contributed by atoms with Crippen LogP contribution >= 0.6 is 0 Å². The Bertz CT molecular complexity index is 1070. The number of nitrogens with zero attached hydrogens (tertiary/aromatic N) is 2. The van der Waals surface area contributed by atoms with Crippen molar-refractivity contribution in [2.24, 2.45) is 29.6 Å². The minimum Gasteiger partial charge on any atom is -0.384 e. The summed E-state index contributed by atoms with van der Waals surface area (Å²) in [5.41, 5.74) is -1.37. The van der Waals surface area contributed by atoms with Gasteiger partial charge in [0.05, 0.1) is 11.5 Å².